The lowest BCUT2D eigenvalue weighted by molar-refractivity contribution is 0.600. The van der Waals surface area contributed by atoms with Crippen molar-refractivity contribution < 1.29 is 4.42 Å². The summed E-state index contributed by atoms with van der Waals surface area (Å²) < 4.78 is 4.98. The molecule has 0 aliphatic heterocycles. The molecule has 0 N–H and O–H groups in total. The molecular formula is C5H7OSi. The summed E-state index contributed by atoms with van der Waals surface area (Å²) in [6, 6.07) is 2.01. The fourth-order valence-corrected chi connectivity index (χ4v) is 0.896. The number of furan rings is 1. The molecule has 1 nitrogen and oxygen atoms in total. The predicted octanol–water partition coefficient (Wildman–Crippen LogP) is -0.154. The Balaban J connectivity index is 3.04. The highest BCUT2D eigenvalue weighted by Gasteiger charge is 1.85. The number of hydrogen-bond acceptors (Lipinski definition) is 1. The van der Waals surface area contributed by atoms with Gasteiger partial charge in [0, 0.05) is 0 Å². The van der Waals surface area contributed by atoms with Crippen molar-refractivity contribution in [1.82, 2.24) is 0 Å². The monoisotopic (exact) mass is 111 g/mol. The van der Waals surface area contributed by atoms with Crippen molar-refractivity contribution in [3.63, 3.8) is 0 Å². The molecule has 0 spiro atoms. The minimum Gasteiger partial charge on any atom is -0.475 e. The normalized spacial score (nSPS) is 9.43. The maximum Gasteiger partial charge on any atom is 0.0962 e. The zero-order chi connectivity index (χ0) is 5.28. The van der Waals surface area contributed by atoms with Crippen LogP contribution in [0.3, 0.4) is 0 Å². The van der Waals surface area contributed by atoms with Crippen LogP contribution in [0.15, 0.2) is 16.7 Å². The largest absolute Gasteiger partial charge is 0.475 e. The second-order valence-corrected chi connectivity index (χ2v) is 2.29. The quantitative estimate of drug-likeness (QED) is 0.424. The average molecular weight is 111 g/mol. The summed E-state index contributed by atoms with van der Waals surface area (Å²) in [4.78, 5) is 0. The van der Waals surface area contributed by atoms with Gasteiger partial charge in [-0.3, -0.25) is 0 Å². The fourth-order valence-electron chi connectivity index (χ4n) is 0.491. The van der Waals surface area contributed by atoms with Gasteiger partial charge in [0.1, 0.15) is 0 Å². The van der Waals surface area contributed by atoms with E-state index in [2.05, 4.69) is 0 Å². The van der Waals surface area contributed by atoms with Crippen molar-refractivity contribution in [2.24, 2.45) is 0 Å². The van der Waals surface area contributed by atoms with Crippen LogP contribution in [-0.2, 0) is 0 Å². The lowest BCUT2D eigenvalue weighted by Crippen LogP contribution is -1.92. The SMILES string of the molecule is Cc1coc([SiH2])c1. The van der Waals surface area contributed by atoms with Crippen LogP contribution < -0.4 is 5.38 Å². The van der Waals surface area contributed by atoms with Crippen LogP contribution in [0.25, 0.3) is 0 Å². The summed E-state index contributed by atoms with van der Waals surface area (Å²) in [7, 11) is 1.76. The Morgan fingerprint density at radius 2 is 2.43 bits per heavy atom. The molecule has 37 valence electrons. The second kappa shape index (κ2) is 1.54. The third-order valence-electron chi connectivity index (χ3n) is 0.785. The minimum absolute atomic E-state index is 1.01. The molecule has 0 fully saturated rings. The highest BCUT2D eigenvalue weighted by molar-refractivity contribution is 6.29. The Morgan fingerprint density at radius 1 is 1.71 bits per heavy atom. The van der Waals surface area contributed by atoms with E-state index >= 15 is 0 Å². The first-order valence-electron chi connectivity index (χ1n) is 2.16. The summed E-state index contributed by atoms with van der Waals surface area (Å²) in [6.07, 6.45) is 1.75. The lowest BCUT2D eigenvalue weighted by Gasteiger charge is -1.69. The first-order valence-corrected chi connectivity index (χ1v) is 2.87. The van der Waals surface area contributed by atoms with Crippen LogP contribution >= 0.6 is 0 Å². The standard InChI is InChI=1S/C5H7OSi/c1-4-2-5(7)6-3-4/h2-3H,7H2,1H3. The predicted molar refractivity (Wildman–Crippen MR) is 31.6 cm³/mol. The molecule has 0 saturated heterocycles. The average Bonchev–Trinajstić information content (AvgIpc) is 1.87. The van der Waals surface area contributed by atoms with E-state index in [1.807, 2.05) is 13.0 Å². The van der Waals surface area contributed by atoms with Gasteiger partial charge in [-0.15, -0.1) is 0 Å². The first-order chi connectivity index (χ1) is 3.29. The van der Waals surface area contributed by atoms with E-state index < -0.39 is 0 Å². The molecule has 0 aliphatic rings. The molecular weight excluding hydrogens is 104 g/mol. The Hall–Kier alpha value is -0.503. The molecule has 1 heterocycles. The summed E-state index contributed by atoms with van der Waals surface area (Å²) in [5.41, 5.74) is 1.20. The zero-order valence-electron chi connectivity index (χ0n) is 4.27. The Kier molecular flexibility index (Phi) is 1.02. The van der Waals surface area contributed by atoms with Crippen LogP contribution in [0, 0.1) is 6.92 Å². The van der Waals surface area contributed by atoms with Gasteiger partial charge in [0.15, 0.2) is 0 Å². The Bertz CT molecular complexity index is 140. The third kappa shape index (κ3) is 0.931. The molecule has 1 aromatic heterocycles. The van der Waals surface area contributed by atoms with Crippen molar-refractivity contribution in [2.75, 3.05) is 0 Å². The van der Waals surface area contributed by atoms with Gasteiger partial charge in [-0.25, -0.2) is 0 Å². The van der Waals surface area contributed by atoms with Crippen LogP contribution in [0.1, 0.15) is 5.56 Å². The van der Waals surface area contributed by atoms with Gasteiger partial charge in [0.2, 0.25) is 0 Å². The molecule has 0 saturated carbocycles. The molecule has 1 rings (SSSR count). The van der Waals surface area contributed by atoms with Crippen molar-refractivity contribution in [2.45, 2.75) is 6.92 Å². The summed E-state index contributed by atoms with van der Waals surface area (Å²) in [6.45, 7) is 2.01. The van der Waals surface area contributed by atoms with Gasteiger partial charge in [-0.05, 0) is 18.6 Å². The zero-order valence-corrected chi connectivity index (χ0v) is 5.68. The van der Waals surface area contributed by atoms with E-state index in [9.17, 15) is 0 Å². The summed E-state index contributed by atoms with van der Waals surface area (Å²) in [5.74, 6) is 0. The first kappa shape index (κ1) is 4.65. The van der Waals surface area contributed by atoms with E-state index in [4.69, 9.17) is 4.42 Å². The molecule has 0 amide bonds. The highest BCUT2D eigenvalue weighted by Crippen LogP contribution is 1.90. The summed E-state index contributed by atoms with van der Waals surface area (Å²) >= 11 is 0. The maximum atomic E-state index is 4.98. The van der Waals surface area contributed by atoms with Crippen molar-refractivity contribution >= 4 is 15.6 Å². The number of hydrogen-bond donors (Lipinski definition) is 0. The van der Waals surface area contributed by atoms with E-state index in [1.54, 1.807) is 16.5 Å². The topological polar surface area (TPSA) is 13.1 Å². The molecule has 1 aromatic rings. The van der Waals surface area contributed by atoms with E-state index in [1.165, 1.54) is 5.56 Å². The van der Waals surface area contributed by atoms with E-state index in [0.29, 0.717) is 0 Å². The maximum absolute atomic E-state index is 4.98. The number of rotatable bonds is 0. The van der Waals surface area contributed by atoms with Gasteiger partial charge in [0.05, 0.1) is 21.9 Å². The van der Waals surface area contributed by atoms with Gasteiger partial charge in [0.25, 0.3) is 0 Å². The van der Waals surface area contributed by atoms with Gasteiger partial charge in [-0.2, -0.15) is 0 Å². The van der Waals surface area contributed by atoms with Crippen molar-refractivity contribution in [3.05, 3.63) is 17.9 Å². The molecule has 0 aliphatic carbocycles. The fraction of sp³-hybridized carbons (Fsp3) is 0.200. The van der Waals surface area contributed by atoms with Gasteiger partial charge < -0.3 is 4.42 Å². The molecule has 0 aromatic carbocycles. The highest BCUT2D eigenvalue weighted by atomic mass is 28.1. The molecule has 0 unspecified atom stereocenters. The van der Waals surface area contributed by atoms with Crippen LogP contribution in [-0.4, -0.2) is 10.2 Å². The number of aryl methyl sites for hydroxylation is 1. The second-order valence-electron chi connectivity index (χ2n) is 1.59. The summed E-state index contributed by atoms with van der Waals surface area (Å²) in [5, 5.41) is 1.01. The molecule has 0 atom stereocenters. The van der Waals surface area contributed by atoms with Crippen molar-refractivity contribution in [3.8, 4) is 0 Å². The van der Waals surface area contributed by atoms with E-state index in [0.717, 1.165) is 5.38 Å². The molecule has 0 bridgehead atoms. The Morgan fingerprint density at radius 3 is 2.57 bits per heavy atom. The van der Waals surface area contributed by atoms with Crippen LogP contribution in [0.2, 0.25) is 0 Å². The smallest absolute Gasteiger partial charge is 0.0962 e. The van der Waals surface area contributed by atoms with Crippen LogP contribution in [0.4, 0.5) is 0 Å². The minimum atomic E-state index is 1.01. The van der Waals surface area contributed by atoms with E-state index in [-0.39, 0.29) is 0 Å². The van der Waals surface area contributed by atoms with Crippen LogP contribution in [0.5, 0.6) is 0 Å². The molecule has 2 heteroatoms. The lowest BCUT2D eigenvalue weighted by atomic mass is 10.4. The third-order valence-corrected chi connectivity index (χ3v) is 1.16. The van der Waals surface area contributed by atoms with Crippen molar-refractivity contribution in [1.29, 1.82) is 0 Å². The molecule has 7 heavy (non-hydrogen) atoms. The molecule has 1 radical (unpaired) electrons. The van der Waals surface area contributed by atoms with Gasteiger partial charge >= 0.3 is 0 Å². The Labute approximate surface area is 45.8 Å². The van der Waals surface area contributed by atoms with Gasteiger partial charge in [-0.1, -0.05) is 0 Å².